The van der Waals surface area contributed by atoms with E-state index in [9.17, 15) is 14.7 Å². The lowest BCUT2D eigenvalue weighted by molar-refractivity contribution is 0.0695. The minimum Gasteiger partial charge on any atom is -0.477 e. The number of carboxylic acid groups (broad SMARTS) is 1. The second-order valence-electron chi connectivity index (χ2n) is 8.51. The summed E-state index contributed by atoms with van der Waals surface area (Å²) in [6, 6.07) is 0.0000494. The van der Waals surface area contributed by atoms with Crippen LogP contribution < -0.4 is 21.4 Å². The summed E-state index contributed by atoms with van der Waals surface area (Å²) in [5, 5.41) is 12.2. The van der Waals surface area contributed by atoms with Crippen LogP contribution in [0.25, 0.3) is 10.9 Å². The Labute approximate surface area is 165 Å². The number of carboxylic acids is 1. The van der Waals surface area contributed by atoms with Crippen LogP contribution in [0.4, 0.5) is 20.2 Å². The van der Waals surface area contributed by atoms with Crippen molar-refractivity contribution in [1.29, 1.82) is 0 Å². The second kappa shape index (κ2) is 5.91. The average Bonchev–Trinajstić information content (AvgIpc) is 3.58. The average molecular weight is 404 g/mol. The number of halogens is 2. The van der Waals surface area contributed by atoms with Crippen molar-refractivity contribution in [3.63, 3.8) is 0 Å². The molecule has 0 radical (unpaired) electrons. The van der Waals surface area contributed by atoms with Gasteiger partial charge in [0.2, 0.25) is 5.43 Å². The number of pyridine rings is 1. The van der Waals surface area contributed by atoms with Gasteiger partial charge in [-0.3, -0.25) is 4.79 Å². The molecule has 2 saturated carbocycles. The van der Waals surface area contributed by atoms with E-state index in [1.165, 1.54) is 4.57 Å². The molecule has 0 amide bonds. The van der Waals surface area contributed by atoms with Crippen molar-refractivity contribution in [1.82, 2.24) is 9.88 Å². The molecule has 2 heterocycles. The largest absolute Gasteiger partial charge is 0.477 e. The van der Waals surface area contributed by atoms with Gasteiger partial charge < -0.3 is 25.6 Å². The molecule has 2 aromatic rings. The number of hydrogen-bond acceptors (Lipinski definition) is 5. The number of nitrogens with one attached hydrogen (secondary N) is 1. The first-order chi connectivity index (χ1) is 13.8. The number of rotatable bonds is 4. The molecule has 5 rings (SSSR count). The molecule has 1 aliphatic heterocycles. The molecule has 1 aromatic heterocycles. The fourth-order valence-electron chi connectivity index (χ4n) is 4.83. The Balaban J connectivity index is 1.78. The Hall–Kier alpha value is -2.68. The van der Waals surface area contributed by atoms with Gasteiger partial charge in [-0.25, -0.2) is 13.6 Å². The number of anilines is 2. The van der Waals surface area contributed by atoms with Crippen LogP contribution in [0.3, 0.4) is 0 Å². The zero-order valence-corrected chi connectivity index (χ0v) is 16.0. The van der Waals surface area contributed by atoms with Crippen LogP contribution >= 0.6 is 0 Å². The Morgan fingerprint density at radius 1 is 1.31 bits per heavy atom. The number of fused-ring (bicyclic) bond motifs is 1. The molecule has 3 fully saturated rings. The van der Waals surface area contributed by atoms with Crippen LogP contribution in [0.1, 0.15) is 42.1 Å². The molecular weight excluding hydrogens is 382 g/mol. The van der Waals surface area contributed by atoms with Crippen molar-refractivity contribution in [2.75, 3.05) is 30.8 Å². The fourth-order valence-corrected chi connectivity index (χ4v) is 4.83. The van der Waals surface area contributed by atoms with E-state index in [0.29, 0.717) is 13.1 Å². The lowest BCUT2D eigenvalue weighted by Crippen LogP contribution is -2.34. The minimum atomic E-state index is -1.44. The Kier molecular flexibility index (Phi) is 3.74. The summed E-state index contributed by atoms with van der Waals surface area (Å²) in [7, 11) is 1.84. The van der Waals surface area contributed by atoms with E-state index in [-0.39, 0.29) is 34.1 Å². The highest BCUT2D eigenvalue weighted by molar-refractivity contribution is 5.99. The Morgan fingerprint density at radius 2 is 2.00 bits per heavy atom. The highest BCUT2D eigenvalue weighted by Crippen LogP contribution is 2.54. The number of carbonyl (C=O) groups is 1. The van der Waals surface area contributed by atoms with E-state index >= 15 is 8.78 Å². The van der Waals surface area contributed by atoms with Crippen LogP contribution in [-0.2, 0) is 0 Å². The van der Waals surface area contributed by atoms with Gasteiger partial charge in [0.05, 0.1) is 16.6 Å². The normalized spacial score (nSPS) is 22.6. The van der Waals surface area contributed by atoms with E-state index in [1.54, 1.807) is 4.90 Å². The second-order valence-corrected chi connectivity index (χ2v) is 8.51. The lowest BCUT2D eigenvalue weighted by atomic mass is 10.0. The summed E-state index contributed by atoms with van der Waals surface area (Å²) in [4.78, 5) is 25.9. The van der Waals surface area contributed by atoms with Crippen LogP contribution in [0.2, 0.25) is 0 Å². The molecule has 1 aromatic carbocycles. The van der Waals surface area contributed by atoms with Gasteiger partial charge in [0, 0.05) is 36.8 Å². The Bertz CT molecular complexity index is 1120. The van der Waals surface area contributed by atoms with Gasteiger partial charge in [-0.15, -0.1) is 0 Å². The highest BCUT2D eigenvalue weighted by Gasteiger charge is 2.55. The smallest absolute Gasteiger partial charge is 0.341 e. The van der Waals surface area contributed by atoms with E-state index in [2.05, 4.69) is 5.32 Å². The first kappa shape index (κ1) is 18.4. The van der Waals surface area contributed by atoms with Gasteiger partial charge in [0.15, 0.2) is 11.6 Å². The molecule has 1 atom stereocenters. The third-order valence-electron chi connectivity index (χ3n) is 6.74. The standard InChI is InChI=1S/C20H22F2N4O3/c1-24-11-7-25(8-20(11)4-5-20)17-13(21)15(23)12-16(14(17)22)26(9-2-3-9)6-10(18(12)27)19(28)29/h6,9,11,24H,2-5,7-8,23H2,1H3,(H,28,29)/t11-/m1/s1. The Morgan fingerprint density at radius 3 is 2.52 bits per heavy atom. The van der Waals surface area contributed by atoms with Crippen LogP contribution in [0.5, 0.6) is 0 Å². The molecule has 2 aliphatic carbocycles. The molecule has 3 aliphatic rings. The maximum Gasteiger partial charge on any atom is 0.341 e. The minimum absolute atomic E-state index is 0.0146. The number of hydrogen-bond donors (Lipinski definition) is 3. The fraction of sp³-hybridized carbons (Fsp3) is 0.500. The summed E-state index contributed by atoms with van der Waals surface area (Å²) in [6.45, 7) is 0.953. The topological polar surface area (TPSA) is 101 Å². The van der Waals surface area contributed by atoms with Crippen LogP contribution in [0.15, 0.2) is 11.0 Å². The van der Waals surface area contributed by atoms with Crippen LogP contribution in [0, 0.1) is 17.0 Å². The zero-order valence-electron chi connectivity index (χ0n) is 16.0. The molecule has 0 bridgehead atoms. The van der Waals surface area contributed by atoms with Crippen molar-refractivity contribution < 1.29 is 18.7 Å². The first-order valence-corrected chi connectivity index (χ1v) is 9.80. The number of nitrogens with two attached hydrogens (primary N) is 1. The molecule has 1 saturated heterocycles. The van der Waals surface area contributed by atoms with Gasteiger partial charge in [0.25, 0.3) is 0 Å². The van der Waals surface area contributed by atoms with Gasteiger partial charge in [-0.1, -0.05) is 0 Å². The van der Waals surface area contributed by atoms with Crippen molar-refractivity contribution in [3.8, 4) is 0 Å². The number of benzene rings is 1. The predicted octanol–water partition coefficient (Wildman–Crippen LogP) is 2.08. The summed E-state index contributed by atoms with van der Waals surface area (Å²) >= 11 is 0. The van der Waals surface area contributed by atoms with Gasteiger partial charge in [-0.05, 0) is 32.7 Å². The van der Waals surface area contributed by atoms with E-state index < -0.39 is 34.3 Å². The predicted molar refractivity (Wildman–Crippen MR) is 104 cm³/mol. The third kappa shape index (κ3) is 2.49. The number of aromatic nitrogens is 1. The number of likely N-dealkylation sites (N-methyl/N-ethyl adjacent to an activating group) is 1. The number of nitrogens with zero attached hydrogens (tertiary/aromatic N) is 2. The van der Waals surface area contributed by atoms with Crippen molar-refractivity contribution in [2.24, 2.45) is 5.41 Å². The van der Waals surface area contributed by atoms with E-state index in [4.69, 9.17) is 5.73 Å². The maximum atomic E-state index is 15.8. The monoisotopic (exact) mass is 404 g/mol. The molecule has 0 unspecified atom stereocenters. The quantitative estimate of drug-likeness (QED) is 0.675. The summed E-state index contributed by atoms with van der Waals surface area (Å²) in [6.07, 6.45) is 4.62. The highest BCUT2D eigenvalue weighted by atomic mass is 19.1. The molecule has 1 spiro atoms. The van der Waals surface area contributed by atoms with Crippen molar-refractivity contribution in [3.05, 3.63) is 33.6 Å². The van der Waals surface area contributed by atoms with Gasteiger partial charge in [-0.2, -0.15) is 0 Å². The summed E-state index contributed by atoms with van der Waals surface area (Å²) in [5.74, 6) is -3.28. The van der Waals surface area contributed by atoms with Crippen molar-refractivity contribution in [2.45, 2.75) is 37.8 Å². The first-order valence-electron chi connectivity index (χ1n) is 9.80. The van der Waals surface area contributed by atoms with E-state index in [0.717, 1.165) is 31.9 Å². The molecule has 4 N–H and O–H groups in total. The summed E-state index contributed by atoms with van der Waals surface area (Å²) in [5.41, 5.74) is 3.68. The van der Waals surface area contributed by atoms with E-state index in [1.807, 2.05) is 7.05 Å². The molecule has 7 nitrogen and oxygen atoms in total. The maximum absolute atomic E-state index is 15.8. The zero-order chi connectivity index (χ0) is 20.7. The number of aromatic carboxylic acids is 1. The third-order valence-corrected chi connectivity index (χ3v) is 6.74. The summed E-state index contributed by atoms with van der Waals surface area (Å²) < 4.78 is 32.5. The SMILES string of the molecule is CN[C@@H]1CN(c2c(F)c(N)c3c(=O)c(C(=O)O)cn(C4CC4)c3c2F)CC12CC2. The molecule has 29 heavy (non-hydrogen) atoms. The number of nitrogen functional groups attached to an aromatic ring is 1. The molecular formula is C20H22F2N4O3. The lowest BCUT2D eigenvalue weighted by Gasteiger charge is -2.23. The van der Waals surface area contributed by atoms with Crippen LogP contribution in [-0.4, -0.2) is 41.8 Å². The van der Waals surface area contributed by atoms with Gasteiger partial charge >= 0.3 is 5.97 Å². The van der Waals surface area contributed by atoms with Gasteiger partial charge in [0.1, 0.15) is 11.3 Å². The molecule has 154 valence electrons. The van der Waals surface area contributed by atoms with Crippen molar-refractivity contribution >= 4 is 28.2 Å². The molecule has 9 heteroatoms.